The van der Waals surface area contributed by atoms with Crippen molar-refractivity contribution in [3.8, 4) is 0 Å². The Balaban J connectivity index is 1.59. The van der Waals surface area contributed by atoms with Gasteiger partial charge in [-0.1, -0.05) is 24.3 Å². The van der Waals surface area contributed by atoms with Gasteiger partial charge in [0.2, 0.25) is 11.9 Å². The van der Waals surface area contributed by atoms with Gasteiger partial charge in [0, 0.05) is 30.7 Å². The molecule has 0 atom stereocenters. The van der Waals surface area contributed by atoms with E-state index in [1.54, 1.807) is 36.7 Å². The summed E-state index contributed by atoms with van der Waals surface area (Å²) < 4.78 is 13.4. The summed E-state index contributed by atoms with van der Waals surface area (Å²) >= 11 is 0. The van der Waals surface area contributed by atoms with Crippen molar-refractivity contribution in [3.05, 3.63) is 83.3 Å². The number of anilines is 3. The van der Waals surface area contributed by atoms with Gasteiger partial charge in [0.15, 0.2) is 11.6 Å². The molecule has 0 radical (unpaired) electrons. The first-order chi connectivity index (χ1) is 14.6. The van der Waals surface area contributed by atoms with E-state index in [0.717, 1.165) is 11.3 Å². The van der Waals surface area contributed by atoms with Crippen molar-refractivity contribution in [2.24, 2.45) is 0 Å². The third-order valence-corrected chi connectivity index (χ3v) is 4.05. The van der Waals surface area contributed by atoms with E-state index < -0.39 is 0 Å². The highest BCUT2D eigenvalue weighted by Crippen LogP contribution is 2.15. The molecule has 0 saturated heterocycles. The van der Waals surface area contributed by atoms with Crippen molar-refractivity contribution in [1.29, 1.82) is 0 Å². The molecule has 0 fully saturated rings. The first-order valence-electron chi connectivity index (χ1n) is 9.25. The number of aromatic amines is 1. The van der Waals surface area contributed by atoms with Crippen molar-refractivity contribution in [1.82, 2.24) is 30.1 Å². The zero-order valence-corrected chi connectivity index (χ0v) is 16.2. The van der Waals surface area contributed by atoms with Crippen molar-refractivity contribution in [2.75, 3.05) is 10.6 Å². The Labute approximate surface area is 172 Å². The molecule has 0 aliphatic carbocycles. The molecular formula is C21H19FN8. The number of halogens is 1. The molecule has 3 N–H and O–H groups in total. The highest BCUT2D eigenvalue weighted by Gasteiger charge is 2.07. The second kappa shape index (κ2) is 8.91. The van der Waals surface area contributed by atoms with Gasteiger partial charge in [-0.2, -0.15) is 20.1 Å². The fourth-order valence-electron chi connectivity index (χ4n) is 2.66. The molecule has 3 aromatic heterocycles. The van der Waals surface area contributed by atoms with Gasteiger partial charge in [0.1, 0.15) is 5.82 Å². The lowest BCUT2D eigenvalue weighted by atomic mass is 10.2. The number of H-pyrrole nitrogens is 1. The van der Waals surface area contributed by atoms with Gasteiger partial charge in [-0.25, -0.2) is 4.39 Å². The standard InChI is InChI=1S/C21H19FN8/c1-14-10-19(30-29-14)27-21-26-18(8-7-15-4-2-6-17(22)11-15)25-20(28-21)24-13-16-5-3-9-23-12-16/h2-12H,13H2,1H3,(H3,24,25,26,27,28,29,30)/b8-7+. The van der Waals surface area contributed by atoms with Crippen LogP contribution < -0.4 is 10.6 Å². The molecule has 8 nitrogen and oxygen atoms in total. The minimum atomic E-state index is -0.303. The van der Waals surface area contributed by atoms with E-state index in [9.17, 15) is 4.39 Å². The Bertz CT molecular complexity index is 1160. The smallest absolute Gasteiger partial charge is 0.233 e. The first kappa shape index (κ1) is 19.2. The van der Waals surface area contributed by atoms with E-state index >= 15 is 0 Å². The van der Waals surface area contributed by atoms with E-state index in [1.807, 2.05) is 25.1 Å². The van der Waals surface area contributed by atoms with Crippen LogP contribution in [0.1, 0.15) is 22.6 Å². The van der Waals surface area contributed by atoms with Gasteiger partial charge in [0.25, 0.3) is 0 Å². The lowest BCUT2D eigenvalue weighted by Gasteiger charge is -2.08. The number of nitrogens with one attached hydrogen (secondary N) is 3. The van der Waals surface area contributed by atoms with Crippen LogP contribution in [0.2, 0.25) is 0 Å². The number of benzene rings is 1. The van der Waals surface area contributed by atoms with E-state index in [1.165, 1.54) is 12.1 Å². The fourth-order valence-corrected chi connectivity index (χ4v) is 2.66. The van der Waals surface area contributed by atoms with Gasteiger partial charge in [0.05, 0.1) is 0 Å². The number of rotatable bonds is 7. The number of pyridine rings is 1. The largest absolute Gasteiger partial charge is 0.350 e. The van der Waals surface area contributed by atoms with Crippen LogP contribution in [0.25, 0.3) is 12.2 Å². The van der Waals surface area contributed by atoms with Crippen LogP contribution in [0.4, 0.5) is 22.1 Å². The van der Waals surface area contributed by atoms with Crippen LogP contribution in [-0.4, -0.2) is 30.1 Å². The minimum absolute atomic E-state index is 0.303. The molecule has 0 saturated carbocycles. The molecule has 0 spiro atoms. The Morgan fingerprint density at radius 3 is 2.70 bits per heavy atom. The average Bonchev–Trinajstić information content (AvgIpc) is 3.16. The molecule has 0 amide bonds. The summed E-state index contributed by atoms with van der Waals surface area (Å²) in [5.41, 5.74) is 2.61. The lowest BCUT2D eigenvalue weighted by molar-refractivity contribution is 0.627. The number of nitrogens with zero attached hydrogens (tertiary/aromatic N) is 5. The number of aromatic nitrogens is 6. The number of hydrogen-bond donors (Lipinski definition) is 3. The molecule has 1 aromatic carbocycles. The highest BCUT2D eigenvalue weighted by molar-refractivity contribution is 5.67. The van der Waals surface area contributed by atoms with Gasteiger partial charge in [-0.05, 0) is 42.3 Å². The normalized spacial score (nSPS) is 11.0. The third-order valence-electron chi connectivity index (χ3n) is 4.05. The summed E-state index contributed by atoms with van der Waals surface area (Å²) in [6.45, 7) is 2.41. The van der Waals surface area contributed by atoms with Crippen LogP contribution in [0.15, 0.2) is 54.9 Å². The van der Waals surface area contributed by atoms with Crippen LogP contribution in [0.5, 0.6) is 0 Å². The van der Waals surface area contributed by atoms with Gasteiger partial charge in [-0.3, -0.25) is 10.1 Å². The monoisotopic (exact) mass is 402 g/mol. The van der Waals surface area contributed by atoms with E-state index in [0.29, 0.717) is 35.6 Å². The average molecular weight is 402 g/mol. The van der Waals surface area contributed by atoms with Crippen LogP contribution in [0, 0.1) is 12.7 Å². The zero-order valence-electron chi connectivity index (χ0n) is 16.2. The molecule has 0 unspecified atom stereocenters. The van der Waals surface area contributed by atoms with Crippen molar-refractivity contribution in [2.45, 2.75) is 13.5 Å². The topological polar surface area (TPSA) is 104 Å². The summed E-state index contributed by atoms with van der Waals surface area (Å²) in [7, 11) is 0. The molecule has 30 heavy (non-hydrogen) atoms. The molecule has 150 valence electrons. The highest BCUT2D eigenvalue weighted by atomic mass is 19.1. The molecule has 0 bridgehead atoms. The minimum Gasteiger partial charge on any atom is -0.350 e. The summed E-state index contributed by atoms with van der Waals surface area (Å²) in [6.07, 6.45) is 6.93. The number of hydrogen-bond acceptors (Lipinski definition) is 7. The summed E-state index contributed by atoms with van der Waals surface area (Å²) in [6, 6.07) is 11.9. The summed E-state index contributed by atoms with van der Waals surface area (Å²) in [4.78, 5) is 17.4. The maximum absolute atomic E-state index is 13.4. The predicted molar refractivity (Wildman–Crippen MR) is 113 cm³/mol. The van der Waals surface area contributed by atoms with E-state index in [-0.39, 0.29) is 5.82 Å². The molecule has 0 aliphatic rings. The van der Waals surface area contributed by atoms with Gasteiger partial charge < -0.3 is 10.6 Å². The lowest BCUT2D eigenvalue weighted by Crippen LogP contribution is -2.08. The van der Waals surface area contributed by atoms with Crippen LogP contribution >= 0.6 is 0 Å². The SMILES string of the molecule is Cc1cc(Nc2nc(/C=C/c3cccc(F)c3)nc(NCc3cccnc3)n2)n[nH]1. The quantitative estimate of drug-likeness (QED) is 0.430. The van der Waals surface area contributed by atoms with Crippen LogP contribution in [0.3, 0.4) is 0 Å². The molecule has 0 aliphatic heterocycles. The maximum Gasteiger partial charge on any atom is 0.233 e. The zero-order chi connectivity index (χ0) is 20.8. The Morgan fingerprint density at radius 2 is 1.93 bits per heavy atom. The molecule has 4 aromatic rings. The number of aryl methyl sites for hydroxylation is 1. The molecular weight excluding hydrogens is 383 g/mol. The Morgan fingerprint density at radius 1 is 1.03 bits per heavy atom. The third kappa shape index (κ3) is 5.22. The molecule has 3 heterocycles. The second-order valence-electron chi connectivity index (χ2n) is 6.51. The first-order valence-corrected chi connectivity index (χ1v) is 9.25. The summed E-state index contributed by atoms with van der Waals surface area (Å²) in [5, 5.41) is 13.2. The second-order valence-corrected chi connectivity index (χ2v) is 6.51. The fraction of sp³-hybridized carbons (Fsp3) is 0.0952. The Hall–Kier alpha value is -4.14. The van der Waals surface area contributed by atoms with E-state index in [2.05, 4.69) is 40.8 Å². The van der Waals surface area contributed by atoms with Crippen molar-refractivity contribution >= 4 is 29.9 Å². The predicted octanol–water partition coefficient (Wildman–Crippen LogP) is 3.96. The molecule has 9 heteroatoms. The van der Waals surface area contributed by atoms with E-state index in [4.69, 9.17) is 0 Å². The maximum atomic E-state index is 13.4. The molecule has 4 rings (SSSR count). The van der Waals surface area contributed by atoms with Gasteiger partial charge >= 0.3 is 0 Å². The van der Waals surface area contributed by atoms with Crippen molar-refractivity contribution in [3.63, 3.8) is 0 Å². The Kier molecular flexibility index (Phi) is 5.70. The summed E-state index contributed by atoms with van der Waals surface area (Å²) in [5.74, 6) is 1.43. The van der Waals surface area contributed by atoms with Crippen molar-refractivity contribution < 1.29 is 4.39 Å². The van der Waals surface area contributed by atoms with Crippen LogP contribution in [-0.2, 0) is 6.54 Å². The van der Waals surface area contributed by atoms with Gasteiger partial charge in [-0.15, -0.1) is 0 Å².